The first-order chi connectivity index (χ1) is 17.6. The number of nitrogens with zero attached hydrogens (tertiary/aromatic N) is 3. The van der Waals surface area contributed by atoms with Crippen LogP contribution in [0, 0.1) is 5.92 Å². The van der Waals surface area contributed by atoms with Crippen molar-refractivity contribution in [1.29, 1.82) is 0 Å². The summed E-state index contributed by atoms with van der Waals surface area (Å²) in [5.41, 5.74) is -0.791. The minimum Gasteiger partial charge on any atom is -0.508 e. The zero-order valence-corrected chi connectivity index (χ0v) is 24.0. The van der Waals surface area contributed by atoms with Crippen molar-refractivity contribution in [3.63, 3.8) is 0 Å². The summed E-state index contributed by atoms with van der Waals surface area (Å²) in [7, 11) is 3.93. The molecule has 38 heavy (non-hydrogen) atoms. The van der Waals surface area contributed by atoms with E-state index in [0.29, 0.717) is 30.0 Å². The third-order valence-corrected chi connectivity index (χ3v) is 7.13. The van der Waals surface area contributed by atoms with Crippen LogP contribution in [0.2, 0.25) is 0 Å². The second-order valence-corrected chi connectivity index (χ2v) is 11.2. The van der Waals surface area contributed by atoms with Crippen LogP contribution in [0.3, 0.4) is 0 Å². The Kier molecular flexibility index (Phi) is 12.1. The number of rotatable bonds is 12. The quantitative estimate of drug-likeness (QED) is 0.259. The van der Waals surface area contributed by atoms with Crippen LogP contribution in [0.4, 0.5) is 0 Å². The van der Waals surface area contributed by atoms with E-state index in [1.807, 2.05) is 32.8 Å². The fourth-order valence-electron chi connectivity index (χ4n) is 4.30. The lowest BCUT2D eigenvalue weighted by atomic mass is 9.80. The Bertz CT molecular complexity index is 1070. The number of phenolic OH excluding ortho intramolecular Hbond substituents is 1. The standard InChI is InChI=1S/C26H37N5O5S.ClH/c1-17(2)16-20(21(33)23-29-30-25(36-23)37-15-14-31(3)4)27-24(35)26(12-6-5-7-13-26)28-22(34)18-8-10-19(32)11-9-18;/h8-11,17,20,32H,5-7,12-16H2,1-4H3,(H,27,35)(H,28,34);1H. The topological polar surface area (TPSA) is 138 Å². The maximum absolute atomic E-state index is 13.7. The van der Waals surface area contributed by atoms with Gasteiger partial charge in [-0.25, -0.2) is 0 Å². The molecule has 1 saturated carbocycles. The lowest BCUT2D eigenvalue weighted by Crippen LogP contribution is -2.62. The predicted molar refractivity (Wildman–Crippen MR) is 148 cm³/mol. The summed E-state index contributed by atoms with van der Waals surface area (Å²) in [5.74, 6) is -0.470. The average molecular weight is 568 g/mol. The number of thioether (sulfide) groups is 1. The van der Waals surface area contributed by atoms with Crippen LogP contribution in [0.5, 0.6) is 5.75 Å². The van der Waals surface area contributed by atoms with E-state index in [-0.39, 0.29) is 30.0 Å². The van der Waals surface area contributed by atoms with Crippen LogP contribution in [-0.4, -0.2) is 75.8 Å². The molecule has 0 spiro atoms. The van der Waals surface area contributed by atoms with Crippen molar-refractivity contribution in [3.8, 4) is 5.75 Å². The SMILES string of the molecule is CC(C)CC(NC(=O)C1(NC(=O)c2ccc(O)cc2)CCCCC1)C(=O)c1nnc(SCCN(C)C)o1.Cl. The first kappa shape index (κ1) is 31.6. The Morgan fingerprint density at radius 1 is 1.11 bits per heavy atom. The van der Waals surface area contributed by atoms with E-state index in [9.17, 15) is 19.5 Å². The van der Waals surface area contributed by atoms with Crippen LogP contribution in [0.1, 0.15) is 73.4 Å². The molecule has 3 rings (SSSR count). The molecule has 2 aromatic rings. The van der Waals surface area contributed by atoms with Gasteiger partial charge in [0.15, 0.2) is 0 Å². The number of benzene rings is 1. The van der Waals surface area contributed by atoms with E-state index < -0.39 is 29.2 Å². The minimum absolute atomic E-state index is 0. The largest absolute Gasteiger partial charge is 0.508 e. The zero-order valence-electron chi connectivity index (χ0n) is 22.4. The first-order valence-corrected chi connectivity index (χ1v) is 13.7. The van der Waals surface area contributed by atoms with E-state index in [1.165, 1.54) is 36.0 Å². The fraction of sp³-hybridized carbons (Fsp3) is 0.577. The number of aromatic hydroxyl groups is 1. The summed E-state index contributed by atoms with van der Waals surface area (Å²) in [5, 5.41) is 23.6. The van der Waals surface area contributed by atoms with Crippen molar-refractivity contribution in [3.05, 3.63) is 35.7 Å². The molecule has 3 N–H and O–H groups in total. The molecule has 1 aliphatic carbocycles. The van der Waals surface area contributed by atoms with Crippen molar-refractivity contribution in [2.45, 2.75) is 69.2 Å². The Morgan fingerprint density at radius 3 is 2.37 bits per heavy atom. The maximum atomic E-state index is 13.7. The number of carbonyl (C=O) groups is 3. The lowest BCUT2D eigenvalue weighted by Gasteiger charge is -2.37. The predicted octanol–water partition coefficient (Wildman–Crippen LogP) is 3.70. The van der Waals surface area contributed by atoms with E-state index in [2.05, 4.69) is 20.8 Å². The molecule has 0 radical (unpaired) electrons. The Balaban J connectivity index is 0.00000507. The Labute approximate surface area is 234 Å². The second-order valence-electron chi connectivity index (χ2n) is 10.2. The molecule has 12 heteroatoms. The molecule has 1 aromatic carbocycles. The zero-order chi connectivity index (χ0) is 27.0. The smallest absolute Gasteiger partial charge is 0.286 e. The molecule has 0 saturated heterocycles. The van der Waals surface area contributed by atoms with E-state index >= 15 is 0 Å². The van der Waals surface area contributed by atoms with E-state index in [0.717, 1.165) is 31.6 Å². The fourth-order valence-corrected chi connectivity index (χ4v) is 5.17. The monoisotopic (exact) mass is 567 g/mol. The number of hydrogen-bond donors (Lipinski definition) is 3. The van der Waals surface area contributed by atoms with Gasteiger partial charge in [0.2, 0.25) is 11.7 Å². The summed E-state index contributed by atoms with van der Waals surface area (Å²) in [4.78, 5) is 42.1. The van der Waals surface area contributed by atoms with Gasteiger partial charge in [0.25, 0.3) is 17.0 Å². The van der Waals surface area contributed by atoms with Crippen molar-refractivity contribution in [1.82, 2.24) is 25.7 Å². The Morgan fingerprint density at radius 2 is 1.76 bits per heavy atom. The molecule has 1 atom stereocenters. The average Bonchev–Trinajstić information content (AvgIpc) is 3.32. The van der Waals surface area contributed by atoms with Gasteiger partial charge in [0, 0.05) is 17.9 Å². The van der Waals surface area contributed by atoms with Crippen molar-refractivity contribution in [2.24, 2.45) is 5.92 Å². The number of carbonyl (C=O) groups excluding carboxylic acids is 3. The van der Waals surface area contributed by atoms with Crippen molar-refractivity contribution in [2.75, 3.05) is 26.4 Å². The highest BCUT2D eigenvalue weighted by atomic mass is 35.5. The summed E-state index contributed by atoms with van der Waals surface area (Å²) in [6.07, 6.45) is 3.86. The number of phenols is 1. The number of Topliss-reactive ketones (excluding diaryl/α,β-unsaturated/α-hetero) is 1. The normalized spacial score (nSPS) is 15.5. The van der Waals surface area contributed by atoms with Gasteiger partial charge in [-0.15, -0.1) is 22.6 Å². The Hall–Kier alpha value is -2.63. The van der Waals surface area contributed by atoms with Crippen molar-refractivity contribution >= 4 is 41.8 Å². The highest BCUT2D eigenvalue weighted by molar-refractivity contribution is 7.99. The number of amides is 2. The van der Waals surface area contributed by atoms with Gasteiger partial charge in [-0.3, -0.25) is 14.4 Å². The number of nitrogens with one attached hydrogen (secondary N) is 2. The summed E-state index contributed by atoms with van der Waals surface area (Å²) >= 11 is 1.37. The molecule has 1 unspecified atom stereocenters. The third kappa shape index (κ3) is 8.71. The molecular formula is C26H38ClN5O5S. The second kappa shape index (κ2) is 14.5. The van der Waals surface area contributed by atoms with Gasteiger partial charge in [-0.05, 0) is 63.5 Å². The molecule has 0 aliphatic heterocycles. The van der Waals surface area contributed by atoms with Gasteiger partial charge < -0.3 is 25.1 Å². The van der Waals surface area contributed by atoms with Gasteiger partial charge in [-0.2, -0.15) is 0 Å². The van der Waals surface area contributed by atoms with Gasteiger partial charge in [0.05, 0.1) is 6.04 Å². The van der Waals surface area contributed by atoms with Crippen LogP contribution in [0.15, 0.2) is 33.9 Å². The molecule has 0 bridgehead atoms. The van der Waals surface area contributed by atoms with Gasteiger partial charge in [0.1, 0.15) is 11.3 Å². The number of hydrogen-bond acceptors (Lipinski definition) is 9. The molecule has 1 aromatic heterocycles. The molecular weight excluding hydrogens is 530 g/mol. The van der Waals surface area contributed by atoms with Crippen LogP contribution in [0.25, 0.3) is 0 Å². The van der Waals surface area contributed by atoms with Crippen LogP contribution in [-0.2, 0) is 4.79 Å². The van der Waals surface area contributed by atoms with Crippen molar-refractivity contribution < 1.29 is 23.9 Å². The van der Waals surface area contributed by atoms with Gasteiger partial charge >= 0.3 is 0 Å². The first-order valence-electron chi connectivity index (χ1n) is 12.7. The maximum Gasteiger partial charge on any atom is 0.286 e. The minimum atomic E-state index is -1.13. The third-order valence-electron chi connectivity index (χ3n) is 6.33. The number of ketones is 1. The molecule has 1 heterocycles. The molecule has 10 nitrogen and oxygen atoms in total. The van der Waals surface area contributed by atoms with E-state index in [4.69, 9.17) is 4.42 Å². The molecule has 1 fully saturated rings. The summed E-state index contributed by atoms with van der Waals surface area (Å²) in [6.45, 7) is 4.75. The lowest BCUT2D eigenvalue weighted by molar-refractivity contribution is -0.129. The van der Waals surface area contributed by atoms with Crippen LogP contribution >= 0.6 is 24.2 Å². The molecule has 2 amide bonds. The number of halogens is 1. The highest BCUT2D eigenvalue weighted by Crippen LogP contribution is 2.30. The van der Waals surface area contributed by atoms with E-state index in [1.54, 1.807) is 0 Å². The number of aromatic nitrogens is 2. The molecule has 210 valence electrons. The highest BCUT2D eigenvalue weighted by Gasteiger charge is 2.43. The summed E-state index contributed by atoms with van der Waals surface area (Å²) in [6, 6.07) is 5.01. The van der Waals surface area contributed by atoms with Gasteiger partial charge in [-0.1, -0.05) is 44.9 Å². The summed E-state index contributed by atoms with van der Waals surface area (Å²) < 4.78 is 5.61. The van der Waals surface area contributed by atoms with Crippen LogP contribution < -0.4 is 10.6 Å². The molecule has 1 aliphatic rings.